The first-order valence-electron chi connectivity index (χ1n) is 6.33. The van der Waals surface area contributed by atoms with E-state index >= 15 is 0 Å². The Morgan fingerprint density at radius 3 is 2.52 bits per heavy atom. The van der Waals surface area contributed by atoms with Gasteiger partial charge in [-0.25, -0.2) is 13.4 Å². The minimum absolute atomic E-state index is 0.0567. The van der Waals surface area contributed by atoms with Crippen molar-refractivity contribution in [1.29, 1.82) is 0 Å². The predicted octanol–water partition coefficient (Wildman–Crippen LogP) is 3.77. The largest absolute Gasteiger partial charge is 0.419 e. The molecule has 0 saturated heterocycles. The maximum atomic E-state index is 13.0. The molecule has 0 spiro atoms. The van der Waals surface area contributed by atoms with Crippen molar-refractivity contribution in [1.82, 2.24) is 4.98 Å². The number of nitrogens with zero attached hydrogens (tertiary/aromatic N) is 1. The second-order valence-corrected chi connectivity index (χ2v) is 7.16. The molecule has 2 rings (SSSR count). The summed E-state index contributed by atoms with van der Waals surface area (Å²) in [6.07, 6.45) is -2.93. The number of hydrogen-bond acceptors (Lipinski definition) is 4. The lowest BCUT2D eigenvalue weighted by molar-refractivity contribution is -0.137. The van der Waals surface area contributed by atoms with Crippen molar-refractivity contribution in [2.45, 2.75) is 17.6 Å². The van der Waals surface area contributed by atoms with Crippen LogP contribution in [0.25, 0.3) is 0 Å². The van der Waals surface area contributed by atoms with Gasteiger partial charge in [-0.3, -0.25) is 0 Å². The standard InChI is InChI=1S/C14H12ClF3N2O2S/c1-23(21,22)12-5-3-2-4-9(12)7-19-11-6-13(15)20-8-10(11)14(16,17)18/h2-6,8H,7H2,1H3,(H,19,20). The summed E-state index contributed by atoms with van der Waals surface area (Å²) in [5.74, 6) is 0. The van der Waals surface area contributed by atoms with Crippen LogP contribution in [0.15, 0.2) is 41.4 Å². The van der Waals surface area contributed by atoms with E-state index in [1.165, 1.54) is 12.1 Å². The molecule has 1 heterocycles. The molecule has 0 amide bonds. The third-order valence-electron chi connectivity index (χ3n) is 3.02. The van der Waals surface area contributed by atoms with E-state index in [-0.39, 0.29) is 22.3 Å². The number of hydrogen-bond donors (Lipinski definition) is 1. The molecular weight excluding hydrogens is 353 g/mol. The summed E-state index contributed by atoms with van der Waals surface area (Å²) in [5, 5.41) is 2.48. The maximum absolute atomic E-state index is 13.0. The highest BCUT2D eigenvalue weighted by molar-refractivity contribution is 7.90. The highest BCUT2D eigenvalue weighted by Crippen LogP contribution is 2.35. The second-order valence-electron chi connectivity index (χ2n) is 4.78. The van der Waals surface area contributed by atoms with Crippen LogP contribution in [0.2, 0.25) is 5.15 Å². The van der Waals surface area contributed by atoms with Gasteiger partial charge in [0.25, 0.3) is 0 Å². The normalized spacial score (nSPS) is 12.2. The minimum Gasteiger partial charge on any atom is -0.380 e. The number of alkyl halides is 3. The number of rotatable bonds is 4. The zero-order valence-electron chi connectivity index (χ0n) is 11.9. The van der Waals surface area contributed by atoms with Gasteiger partial charge in [0.2, 0.25) is 0 Å². The first-order valence-corrected chi connectivity index (χ1v) is 8.60. The van der Waals surface area contributed by atoms with Crippen molar-refractivity contribution >= 4 is 27.1 Å². The molecule has 0 aliphatic rings. The summed E-state index contributed by atoms with van der Waals surface area (Å²) in [6, 6.07) is 7.13. The summed E-state index contributed by atoms with van der Waals surface area (Å²) in [4.78, 5) is 3.48. The molecule has 0 aliphatic heterocycles. The molecule has 0 atom stereocenters. The van der Waals surface area contributed by atoms with Gasteiger partial charge in [0.05, 0.1) is 16.1 Å². The smallest absolute Gasteiger partial charge is 0.380 e. The van der Waals surface area contributed by atoms with Gasteiger partial charge >= 0.3 is 6.18 Å². The predicted molar refractivity (Wildman–Crippen MR) is 81.1 cm³/mol. The molecule has 0 bridgehead atoms. The number of nitrogens with one attached hydrogen (secondary N) is 1. The van der Waals surface area contributed by atoms with E-state index in [0.29, 0.717) is 11.8 Å². The van der Waals surface area contributed by atoms with E-state index < -0.39 is 21.6 Å². The molecule has 1 aromatic heterocycles. The summed E-state index contributed by atoms with van der Waals surface area (Å²) >= 11 is 5.64. The lowest BCUT2D eigenvalue weighted by Crippen LogP contribution is -2.13. The molecule has 0 radical (unpaired) electrons. The average molecular weight is 365 g/mol. The van der Waals surface area contributed by atoms with Gasteiger partial charge in [0.15, 0.2) is 9.84 Å². The third-order valence-corrected chi connectivity index (χ3v) is 4.42. The van der Waals surface area contributed by atoms with Gasteiger partial charge in [0, 0.05) is 19.0 Å². The molecule has 0 unspecified atom stereocenters. The number of pyridine rings is 1. The maximum Gasteiger partial charge on any atom is 0.419 e. The van der Waals surface area contributed by atoms with Crippen LogP contribution >= 0.6 is 11.6 Å². The zero-order valence-corrected chi connectivity index (χ0v) is 13.4. The van der Waals surface area contributed by atoms with Crippen LogP contribution in [0.3, 0.4) is 0 Å². The van der Waals surface area contributed by atoms with E-state index in [1.807, 2.05) is 0 Å². The molecule has 23 heavy (non-hydrogen) atoms. The molecular formula is C14H12ClF3N2O2S. The molecule has 0 saturated carbocycles. The number of benzene rings is 1. The van der Waals surface area contributed by atoms with Crippen LogP contribution in [0.1, 0.15) is 11.1 Å². The van der Waals surface area contributed by atoms with Gasteiger partial charge < -0.3 is 5.32 Å². The number of aromatic nitrogens is 1. The quantitative estimate of drug-likeness (QED) is 0.839. The Morgan fingerprint density at radius 1 is 1.26 bits per heavy atom. The number of halogens is 4. The summed E-state index contributed by atoms with van der Waals surface area (Å²) in [7, 11) is -3.49. The van der Waals surface area contributed by atoms with E-state index in [4.69, 9.17) is 11.6 Å². The van der Waals surface area contributed by atoms with Crippen LogP contribution in [-0.4, -0.2) is 19.7 Å². The molecule has 1 aromatic carbocycles. The van der Waals surface area contributed by atoms with Crippen molar-refractivity contribution in [3.8, 4) is 0 Å². The molecule has 0 aliphatic carbocycles. The van der Waals surface area contributed by atoms with E-state index in [0.717, 1.165) is 12.3 Å². The van der Waals surface area contributed by atoms with E-state index in [9.17, 15) is 21.6 Å². The summed E-state index contributed by atoms with van der Waals surface area (Å²) < 4.78 is 62.3. The first-order chi connectivity index (χ1) is 10.6. The van der Waals surface area contributed by atoms with Crippen LogP contribution < -0.4 is 5.32 Å². The molecule has 1 N–H and O–H groups in total. The Bertz CT molecular complexity index is 823. The highest BCUT2D eigenvalue weighted by atomic mass is 35.5. The third kappa shape index (κ3) is 4.35. The summed E-state index contributed by atoms with van der Waals surface area (Å²) in [5.41, 5.74) is -0.879. The van der Waals surface area contributed by atoms with Crippen molar-refractivity contribution in [3.05, 3.63) is 52.8 Å². The molecule has 4 nitrogen and oxygen atoms in total. The monoisotopic (exact) mass is 364 g/mol. The average Bonchev–Trinajstić information content (AvgIpc) is 2.43. The van der Waals surface area contributed by atoms with Crippen LogP contribution in [0.4, 0.5) is 18.9 Å². The van der Waals surface area contributed by atoms with Crippen molar-refractivity contribution < 1.29 is 21.6 Å². The van der Waals surface area contributed by atoms with Crippen molar-refractivity contribution in [2.24, 2.45) is 0 Å². The van der Waals surface area contributed by atoms with Gasteiger partial charge in [-0.05, 0) is 17.7 Å². The van der Waals surface area contributed by atoms with Gasteiger partial charge in [-0.15, -0.1) is 0 Å². The number of sulfone groups is 1. The molecule has 0 fully saturated rings. The fourth-order valence-electron chi connectivity index (χ4n) is 2.00. The zero-order chi connectivity index (χ0) is 17.3. The Morgan fingerprint density at radius 2 is 1.91 bits per heavy atom. The Labute approximate surface area is 136 Å². The fraction of sp³-hybridized carbons (Fsp3) is 0.214. The van der Waals surface area contributed by atoms with E-state index in [1.54, 1.807) is 12.1 Å². The topological polar surface area (TPSA) is 59.1 Å². The van der Waals surface area contributed by atoms with Crippen LogP contribution in [0, 0.1) is 0 Å². The van der Waals surface area contributed by atoms with Crippen LogP contribution in [-0.2, 0) is 22.6 Å². The Balaban J connectivity index is 2.35. The lowest BCUT2D eigenvalue weighted by atomic mass is 10.2. The molecule has 2 aromatic rings. The Hall–Kier alpha value is -1.80. The lowest BCUT2D eigenvalue weighted by Gasteiger charge is -2.15. The number of anilines is 1. The van der Waals surface area contributed by atoms with Gasteiger partial charge in [0.1, 0.15) is 5.15 Å². The van der Waals surface area contributed by atoms with Gasteiger partial charge in [-0.2, -0.15) is 13.2 Å². The fourth-order valence-corrected chi connectivity index (χ4v) is 3.10. The van der Waals surface area contributed by atoms with Crippen LogP contribution in [0.5, 0.6) is 0 Å². The van der Waals surface area contributed by atoms with Crippen molar-refractivity contribution in [3.63, 3.8) is 0 Å². The first kappa shape index (κ1) is 17.6. The molecule has 124 valence electrons. The SMILES string of the molecule is CS(=O)(=O)c1ccccc1CNc1cc(Cl)ncc1C(F)(F)F. The van der Waals surface area contributed by atoms with Gasteiger partial charge in [-0.1, -0.05) is 29.8 Å². The van der Waals surface area contributed by atoms with Crippen molar-refractivity contribution in [2.75, 3.05) is 11.6 Å². The molecule has 9 heteroatoms. The summed E-state index contributed by atoms with van der Waals surface area (Å²) in [6.45, 7) is -0.104. The Kier molecular flexibility index (Phi) is 4.86. The second kappa shape index (κ2) is 6.37. The minimum atomic E-state index is -4.60. The van der Waals surface area contributed by atoms with E-state index in [2.05, 4.69) is 10.3 Å². The highest BCUT2D eigenvalue weighted by Gasteiger charge is 2.34.